The SMILES string of the molecule is O=CCSc1cnc2ccccc2c1. The molecular weight excluding hydrogens is 194 g/mol. The predicted octanol–water partition coefficient (Wildman–Crippen LogP) is 2.53. The van der Waals surface area contributed by atoms with Crippen molar-refractivity contribution in [2.24, 2.45) is 0 Å². The lowest BCUT2D eigenvalue weighted by atomic mass is 10.2. The number of thioether (sulfide) groups is 1. The van der Waals surface area contributed by atoms with Crippen molar-refractivity contribution in [2.45, 2.75) is 4.90 Å². The van der Waals surface area contributed by atoms with E-state index in [0.29, 0.717) is 5.75 Å². The minimum absolute atomic E-state index is 0.486. The lowest BCUT2D eigenvalue weighted by Gasteiger charge is -1.99. The van der Waals surface area contributed by atoms with Gasteiger partial charge in [-0.2, -0.15) is 0 Å². The van der Waals surface area contributed by atoms with Crippen LogP contribution >= 0.6 is 11.8 Å². The highest BCUT2D eigenvalue weighted by molar-refractivity contribution is 7.99. The summed E-state index contributed by atoms with van der Waals surface area (Å²) in [4.78, 5) is 15.5. The zero-order valence-electron chi connectivity index (χ0n) is 7.51. The molecule has 0 fully saturated rings. The first-order valence-corrected chi connectivity index (χ1v) is 5.30. The highest BCUT2D eigenvalue weighted by atomic mass is 32.2. The quantitative estimate of drug-likeness (QED) is 0.567. The third kappa shape index (κ3) is 1.93. The zero-order valence-corrected chi connectivity index (χ0v) is 8.33. The van der Waals surface area contributed by atoms with Crippen molar-refractivity contribution in [3.8, 4) is 0 Å². The second kappa shape index (κ2) is 4.24. The Morgan fingerprint density at radius 2 is 2.21 bits per heavy atom. The van der Waals surface area contributed by atoms with Crippen molar-refractivity contribution in [2.75, 3.05) is 5.75 Å². The molecule has 2 nitrogen and oxygen atoms in total. The first-order chi connectivity index (χ1) is 6.90. The third-order valence-electron chi connectivity index (χ3n) is 1.88. The van der Waals surface area contributed by atoms with Crippen LogP contribution in [0.15, 0.2) is 41.4 Å². The summed E-state index contributed by atoms with van der Waals surface area (Å²) in [5, 5.41) is 1.11. The van der Waals surface area contributed by atoms with Gasteiger partial charge in [-0.05, 0) is 12.1 Å². The Morgan fingerprint density at radius 3 is 3.07 bits per heavy atom. The summed E-state index contributed by atoms with van der Waals surface area (Å²) in [5.74, 6) is 0.486. The van der Waals surface area contributed by atoms with Crippen LogP contribution in [0.4, 0.5) is 0 Å². The molecule has 0 aliphatic carbocycles. The van der Waals surface area contributed by atoms with Gasteiger partial charge >= 0.3 is 0 Å². The van der Waals surface area contributed by atoms with E-state index in [0.717, 1.165) is 22.1 Å². The molecule has 0 radical (unpaired) electrons. The summed E-state index contributed by atoms with van der Waals surface area (Å²) >= 11 is 1.50. The van der Waals surface area contributed by atoms with Gasteiger partial charge in [-0.3, -0.25) is 4.98 Å². The number of benzene rings is 1. The van der Waals surface area contributed by atoms with Crippen LogP contribution < -0.4 is 0 Å². The molecule has 0 amide bonds. The molecule has 0 bridgehead atoms. The Hall–Kier alpha value is -1.35. The highest BCUT2D eigenvalue weighted by Gasteiger charge is 1.96. The van der Waals surface area contributed by atoms with Gasteiger partial charge in [0.25, 0.3) is 0 Å². The summed E-state index contributed by atoms with van der Waals surface area (Å²) in [6, 6.07) is 10.00. The maximum Gasteiger partial charge on any atom is 0.130 e. The average Bonchev–Trinajstić information content (AvgIpc) is 2.26. The molecular formula is C11H9NOS. The lowest BCUT2D eigenvalue weighted by Crippen LogP contribution is -1.82. The molecule has 14 heavy (non-hydrogen) atoms. The Balaban J connectivity index is 2.36. The van der Waals surface area contributed by atoms with Gasteiger partial charge in [0.05, 0.1) is 11.3 Å². The monoisotopic (exact) mass is 203 g/mol. The van der Waals surface area contributed by atoms with Crippen LogP contribution in [0.25, 0.3) is 10.9 Å². The van der Waals surface area contributed by atoms with Gasteiger partial charge in [-0.1, -0.05) is 18.2 Å². The standard InChI is InChI=1S/C11H9NOS/c13-5-6-14-10-7-9-3-1-2-4-11(9)12-8-10/h1-5,7-8H,6H2. The molecule has 0 aliphatic heterocycles. The van der Waals surface area contributed by atoms with E-state index >= 15 is 0 Å². The molecule has 70 valence electrons. The highest BCUT2D eigenvalue weighted by Crippen LogP contribution is 2.20. The Bertz CT molecular complexity index is 456. The summed E-state index contributed by atoms with van der Waals surface area (Å²) < 4.78 is 0. The number of aldehydes is 1. The van der Waals surface area contributed by atoms with E-state index in [1.54, 1.807) is 6.20 Å². The molecule has 2 aromatic rings. The fraction of sp³-hybridized carbons (Fsp3) is 0.0909. The molecule has 3 heteroatoms. The first kappa shape index (κ1) is 9.21. The van der Waals surface area contributed by atoms with Crippen molar-refractivity contribution in [3.63, 3.8) is 0 Å². The maximum atomic E-state index is 10.2. The Kier molecular flexibility index (Phi) is 2.79. The summed E-state index contributed by atoms with van der Waals surface area (Å²) in [5.41, 5.74) is 0.989. The van der Waals surface area contributed by atoms with Crippen molar-refractivity contribution in [3.05, 3.63) is 36.5 Å². The van der Waals surface area contributed by atoms with E-state index in [-0.39, 0.29) is 0 Å². The molecule has 1 aromatic heterocycles. The molecule has 0 N–H and O–H groups in total. The molecule has 0 atom stereocenters. The lowest BCUT2D eigenvalue weighted by molar-refractivity contribution is -0.105. The number of para-hydroxylation sites is 1. The normalized spacial score (nSPS) is 10.3. The van der Waals surface area contributed by atoms with Crippen LogP contribution in [-0.4, -0.2) is 17.0 Å². The molecule has 1 aromatic carbocycles. The van der Waals surface area contributed by atoms with E-state index in [1.165, 1.54) is 11.8 Å². The largest absolute Gasteiger partial charge is 0.302 e. The first-order valence-electron chi connectivity index (χ1n) is 4.31. The molecule has 1 heterocycles. The van der Waals surface area contributed by atoms with Gasteiger partial charge < -0.3 is 4.79 Å². The number of hydrogen-bond donors (Lipinski definition) is 0. The van der Waals surface area contributed by atoms with Crippen LogP contribution in [0.2, 0.25) is 0 Å². The molecule has 0 aliphatic rings. The molecule has 0 spiro atoms. The van der Waals surface area contributed by atoms with E-state index in [4.69, 9.17) is 0 Å². The van der Waals surface area contributed by atoms with Gasteiger partial charge in [0.15, 0.2) is 0 Å². The van der Waals surface area contributed by atoms with E-state index < -0.39 is 0 Å². The number of aromatic nitrogens is 1. The topological polar surface area (TPSA) is 30.0 Å². The number of carbonyl (C=O) groups is 1. The van der Waals surface area contributed by atoms with E-state index in [9.17, 15) is 4.79 Å². The molecule has 2 rings (SSSR count). The molecule has 0 saturated carbocycles. The van der Waals surface area contributed by atoms with Gasteiger partial charge in [0.2, 0.25) is 0 Å². The van der Waals surface area contributed by atoms with Crippen molar-refractivity contribution in [1.82, 2.24) is 4.98 Å². The number of nitrogens with zero attached hydrogens (tertiary/aromatic N) is 1. The third-order valence-corrected chi connectivity index (χ3v) is 2.74. The van der Waals surface area contributed by atoms with Gasteiger partial charge in [-0.15, -0.1) is 11.8 Å². The van der Waals surface area contributed by atoms with Crippen molar-refractivity contribution < 1.29 is 4.79 Å². The fourth-order valence-corrected chi connectivity index (χ4v) is 1.86. The number of fused-ring (bicyclic) bond motifs is 1. The average molecular weight is 203 g/mol. The second-order valence-corrected chi connectivity index (χ2v) is 3.93. The Morgan fingerprint density at radius 1 is 1.36 bits per heavy atom. The van der Waals surface area contributed by atoms with Crippen molar-refractivity contribution >= 4 is 29.0 Å². The second-order valence-electron chi connectivity index (χ2n) is 2.84. The van der Waals surface area contributed by atoms with Crippen LogP contribution in [-0.2, 0) is 4.79 Å². The van der Waals surface area contributed by atoms with Crippen molar-refractivity contribution in [1.29, 1.82) is 0 Å². The number of pyridine rings is 1. The van der Waals surface area contributed by atoms with E-state index in [1.807, 2.05) is 24.3 Å². The minimum Gasteiger partial charge on any atom is -0.302 e. The summed E-state index contributed by atoms with van der Waals surface area (Å²) in [6.45, 7) is 0. The van der Waals surface area contributed by atoms with Crippen LogP contribution in [0.3, 0.4) is 0 Å². The van der Waals surface area contributed by atoms with Gasteiger partial charge in [0.1, 0.15) is 6.29 Å². The van der Waals surface area contributed by atoms with E-state index in [2.05, 4.69) is 11.1 Å². The van der Waals surface area contributed by atoms with Gasteiger partial charge in [-0.25, -0.2) is 0 Å². The van der Waals surface area contributed by atoms with Crippen LogP contribution in [0.1, 0.15) is 0 Å². The maximum absolute atomic E-state index is 10.2. The van der Waals surface area contributed by atoms with Crippen LogP contribution in [0.5, 0.6) is 0 Å². The summed E-state index contributed by atoms with van der Waals surface area (Å²) in [7, 11) is 0. The molecule has 0 saturated heterocycles. The molecule has 0 unspecified atom stereocenters. The minimum atomic E-state index is 0.486. The smallest absolute Gasteiger partial charge is 0.130 e. The Labute approximate surface area is 86.3 Å². The number of carbonyl (C=O) groups excluding carboxylic acids is 1. The van der Waals surface area contributed by atoms with Crippen LogP contribution in [0, 0.1) is 0 Å². The number of rotatable bonds is 3. The fourth-order valence-electron chi connectivity index (χ4n) is 1.26. The zero-order chi connectivity index (χ0) is 9.80. The number of hydrogen-bond acceptors (Lipinski definition) is 3. The predicted molar refractivity (Wildman–Crippen MR) is 58.5 cm³/mol. The summed E-state index contributed by atoms with van der Waals surface area (Å²) in [6.07, 6.45) is 2.70. The van der Waals surface area contributed by atoms with Gasteiger partial charge in [0, 0.05) is 16.5 Å².